The molecule has 0 aliphatic carbocycles. The van der Waals surface area contributed by atoms with E-state index < -0.39 is 0 Å². The van der Waals surface area contributed by atoms with Crippen molar-refractivity contribution in [3.63, 3.8) is 0 Å². The smallest absolute Gasteiger partial charge is 0.225 e. The predicted octanol–water partition coefficient (Wildman–Crippen LogP) is 5.75. The minimum atomic E-state index is 0.168. The summed E-state index contributed by atoms with van der Waals surface area (Å²) in [6.45, 7) is 16.1. The number of anilines is 1. The third-order valence-corrected chi connectivity index (χ3v) is 6.61. The monoisotopic (exact) mass is 436 g/mol. The fourth-order valence-corrected chi connectivity index (χ4v) is 4.75. The Morgan fingerprint density at radius 2 is 1.78 bits per heavy atom. The quantitative estimate of drug-likeness (QED) is 0.529. The molecular weight excluding hydrogens is 396 g/mol. The summed E-state index contributed by atoms with van der Waals surface area (Å²) >= 11 is 0. The van der Waals surface area contributed by atoms with Crippen molar-refractivity contribution >= 4 is 11.7 Å². The number of unbranched alkanes of at least 4 members (excludes halogenated alkanes) is 1. The summed E-state index contributed by atoms with van der Waals surface area (Å²) < 4.78 is 0. The zero-order valence-electron chi connectivity index (χ0n) is 20.8. The Kier molecular flexibility index (Phi) is 8.27. The van der Waals surface area contributed by atoms with Crippen molar-refractivity contribution in [1.82, 2.24) is 14.9 Å². The molecule has 1 saturated heterocycles. The van der Waals surface area contributed by atoms with Gasteiger partial charge in [0, 0.05) is 48.9 Å². The summed E-state index contributed by atoms with van der Waals surface area (Å²) in [7, 11) is 0. The molecule has 0 spiro atoms. The van der Waals surface area contributed by atoms with E-state index in [1.54, 1.807) is 0 Å². The molecule has 3 rings (SSSR count). The fourth-order valence-electron chi connectivity index (χ4n) is 4.75. The standard InChI is InChI=1S/C27H40N4O/c1-7-9-12-22(8-2)27(32)31-16-14-30(15-17-31)26-24(19(3)4)21(6)28-25(29-26)23-13-10-11-20(5)18-23/h10-11,13,18-19,22H,7-9,12,14-17H2,1-6H3. The third-order valence-electron chi connectivity index (χ3n) is 6.61. The van der Waals surface area contributed by atoms with Crippen LogP contribution in [0.4, 0.5) is 5.82 Å². The van der Waals surface area contributed by atoms with Crippen molar-refractivity contribution < 1.29 is 4.79 Å². The Morgan fingerprint density at radius 3 is 2.38 bits per heavy atom. The number of nitrogens with zero attached hydrogens (tertiary/aromatic N) is 4. The van der Waals surface area contributed by atoms with Crippen molar-refractivity contribution in [1.29, 1.82) is 0 Å². The molecule has 0 N–H and O–H groups in total. The Balaban J connectivity index is 1.83. The van der Waals surface area contributed by atoms with Gasteiger partial charge in [0.2, 0.25) is 5.91 Å². The number of amides is 1. The van der Waals surface area contributed by atoms with Crippen LogP contribution < -0.4 is 4.90 Å². The molecule has 0 saturated carbocycles. The maximum absolute atomic E-state index is 13.1. The summed E-state index contributed by atoms with van der Waals surface area (Å²) in [5, 5.41) is 0. The van der Waals surface area contributed by atoms with Gasteiger partial charge in [0.1, 0.15) is 5.82 Å². The van der Waals surface area contributed by atoms with Gasteiger partial charge < -0.3 is 9.80 Å². The van der Waals surface area contributed by atoms with Gasteiger partial charge in [-0.1, -0.05) is 64.3 Å². The van der Waals surface area contributed by atoms with Crippen LogP contribution >= 0.6 is 0 Å². The third kappa shape index (κ3) is 5.48. The average Bonchev–Trinajstić information content (AvgIpc) is 2.78. The summed E-state index contributed by atoms with van der Waals surface area (Å²) in [5.74, 6) is 2.67. The molecule has 0 bridgehead atoms. The second kappa shape index (κ2) is 10.9. The van der Waals surface area contributed by atoms with Crippen LogP contribution in [0.2, 0.25) is 0 Å². The molecule has 1 amide bonds. The number of carbonyl (C=O) groups excluding carboxylic acids is 1. The van der Waals surface area contributed by atoms with Gasteiger partial charge in [0.05, 0.1) is 0 Å². The first-order valence-corrected chi connectivity index (χ1v) is 12.3. The largest absolute Gasteiger partial charge is 0.353 e. The highest BCUT2D eigenvalue weighted by Crippen LogP contribution is 2.32. The van der Waals surface area contributed by atoms with Gasteiger partial charge in [-0.2, -0.15) is 0 Å². The van der Waals surface area contributed by atoms with E-state index in [1.807, 2.05) is 0 Å². The van der Waals surface area contributed by atoms with Crippen molar-refractivity contribution in [3.05, 3.63) is 41.1 Å². The van der Waals surface area contributed by atoms with E-state index in [9.17, 15) is 4.79 Å². The molecule has 1 aliphatic rings. The minimum absolute atomic E-state index is 0.168. The number of benzene rings is 1. The van der Waals surface area contributed by atoms with Gasteiger partial charge in [-0.05, 0) is 38.7 Å². The van der Waals surface area contributed by atoms with Crippen LogP contribution in [0, 0.1) is 19.8 Å². The van der Waals surface area contributed by atoms with E-state index in [2.05, 4.69) is 75.6 Å². The summed E-state index contributed by atoms with van der Waals surface area (Å²) in [6, 6.07) is 8.39. The first-order valence-electron chi connectivity index (χ1n) is 12.3. The molecule has 2 heterocycles. The Labute approximate surface area is 194 Å². The second-order valence-corrected chi connectivity index (χ2v) is 9.45. The molecule has 1 aromatic heterocycles. The number of hydrogen-bond acceptors (Lipinski definition) is 4. The highest BCUT2D eigenvalue weighted by Gasteiger charge is 2.28. The van der Waals surface area contributed by atoms with Crippen molar-refractivity contribution in [3.8, 4) is 11.4 Å². The lowest BCUT2D eigenvalue weighted by Gasteiger charge is -2.38. The van der Waals surface area contributed by atoms with Crippen LogP contribution in [0.1, 0.15) is 76.1 Å². The maximum Gasteiger partial charge on any atom is 0.225 e. The van der Waals surface area contributed by atoms with Gasteiger partial charge in [0.15, 0.2) is 5.82 Å². The molecule has 1 aliphatic heterocycles. The number of rotatable bonds is 8. The molecule has 174 valence electrons. The number of aryl methyl sites for hydroxylation is 2. The first-order chi connectivity index (χ1) is 15.3. The lowest BCUT2D eigenvalue weighted by molar-refractivity contribution is -0.136. The number of hydrogen-bond donors (Lipinski definition) is 0. The normalized spacial score (nSPS) is 15.3. The minimum Gasteiger partial charge on any atom is -0.353 e. The van der Waals surface area contributed by atoms with Crippen LogP contribution in [0.15, 0.2) is 24.3 Å². The van der Waals surface area contributed by atoms with Crippen LogP contribution in [0.5, 0.6) is 0 Å². The van der Waals surface area contributed by atoms with Gasteiger partial charge >= 0.3 is 0 Å². The molecule has 2 aromatic rings. The highest BCUT2D eigenvalue weighted by atomic mass is 16.2. The molecule has 1 atom stereocenters. The molecule has 0 radical (unpaired) electrons. The Hall–Kier alpha value is -2.43. The maximum atomic E-state index is 13.1. The molecule has 32 heavy (non-hydrogen) atoms. The van der Waals surface area contributed by atoms with E-state index in [0.717, 1.165) is 74.8 Å². The van der Waals surface area contributed by atoms with E-state index >= 15 is 0 Å². The van der Waals surface area contributed by atoms with Crippen LogP contribution in [0.3, 0.4) is 0 Å². The topological polar surface area (TPSA) is 49.3 Å². The molecule has 1 aromatic carbocycles. The average molecular weight is 437 g/mol. The lowest BCUT2D eigenvalue weighted by atomic mass is 9.97. The van der Waals surface area contributed by atoms with Gasteiger partial charge in [-0.3, -0.25) is 4.79 Å². The van der Waals surface area contributed by atoms with E-state index in [4.69, 9.17) is 9.97 Å². The SMILES string of the molecule is CCCCC(CC)C(=O)N1CCN(c2nc(-c3cccc(C)c3)nc(C)c2C(C)C)CC1. The Morgan fingerprint density at radius 1 is 1.06 bits per heavy atom. The molecule has 1 fully saturated rings. The number of piperazine rings is 1. The van der Waals surface area contributed by atoms with E-state index in [-0.39, 0.29) is 5.92 Å². The van der Waals surface area contributed by atoms with Crippen molar-refractivity contribution in [2.75, 3.05) is 31.1 Å². The summed E-state index contributed by atoms with van der Waals surface area (Å²) in [4.78, 5) is 27.4. The predicted molar refractivity (Wildman–Crippen MR) is 133 cm³/mol. The highest BCUT2D eigenvalue weighted by molar-refractivity contribution is 5.79. The zero-order valence-corrected chi connectivity index (χ0v) is 20.8. The van der Waals surface area contributed by atoms with Crippen molar-refractivity contribution in [2.24, 2.45) is 5.92 Å². The first kappa shape index (κ1) is 24.2. The van der Waals surface area contributed by atoms with Crippen LogP contribution in [0.25, 0.3) is 11.4 Å². The van der Waals surface area contributed by atoms with Crippen LogP contribution in [-0.2, 0) is 4.79 Å². The van der Waals surface area contributed by atoms with Gasteiger partial charge in [-0.25, -0.2) is 9.97 Å². The number of carbonyl (C=O) groups is 1. The second-order valence-electron chi connectivity index (χ2n) is 9.45. The lowest BCUT2D eigenvalue weighted by Crippen LogP contribution is -2.51. The number of aromatic nitrogens is 2. The molecule has 5 nitrogen and oxygen atoms in total. The Bertz CT molecular complexity index is 916. The van der Waals surface area contributed by atoms with Crippen molar-refractivity contribution in [2.45, 2.75) is 73.1 Å². The van der Waals surface area contributed by atoms with Gasteiger partial charge in [-0.15, -0.1) is 0 Å². The molecule has 1 unspecified atom stereocenters. The van der Waals surface area contributed by atoms with Gasteiger partial charge in [0.25, 0.3) is 0 Å². The van der Waals surface area contributed by atoms with Crippen LogP contribution in [-0.4, -0.2) is 47.0 Å². The summed E-state index contributed by atoms with van der Waals surface area (Å²) in [5.41, 5.74) is 4.53. The van der Waals surface area contributed by atoms with E-state index in [0.29, 0.717) is 11.8 Å². The van der Waals surface area contributed by atoms with E-state index in [1.165, 1.54) is 11.1 Å². The molecular formula is C27H40N4O. The zero-order chi connectivity index (χ0) is 23.3. The fraction of sp³-hybridized carbons (Fsp3) is 0.593. The summed E-state index contributed by atoms with van der Waals surface area (Å²) in [6.07, 6.45) is 4.21. The molecule has 5 heteroatoms.